The van der Waals surface area contributed by atoms with Crippen molar-refractivity contribution in [2.75, 3.05) is 24.4 Å². The summed E-state index contributed by atoms with van der Waals surface area (Å²) in [5, 5.41) is 7.28. The summed E-state index contributed by atoms with van der Waals surface area (Å²) >= 11 is 0. The maximum atomic E-state index is 13.9. The summed E-state index contributed by atoms with van der Waals surface area (Å²) in [5.41, 5.74) is 7.29. The van der Waals surface area contributed by atoms with Gasteiger partial charge in [-0.05, 0) is 65.6 Å². The zero-order valence-electron chi connectivity index (χ0n) is 22.4. The first-order chi connectivity index (χ1) is 17.8. The van der Waals surface area contributed by atoms with Gasteiger partial charge in [-0.15, -0.1) is 0 Å². The number of nitrogens with one attached hydrogen (secondary N) is 2. The number of carbonyl (C=O) groups excluding carboxylic acids is 1. The van der Waals surface area contributed by atoms with Crippen LogP contribution in [0, 0.1) is 0 Å². The number of rotatable bonds is 5. The molecule has 0 saturated heterocycles. The van der Waals surface area contributed by atoms with Crippen molar-refractivity contribution in [2.24, 2.45) is 0 Å². The van der Waals surface area contributed by atoms with Crippen molar-refractivity contribution in [3.8, 4) is 11.5 Å². The Morgan fingerprint density at radius 1 is 0.892 bits per heavy atom. The molecule has 2 atom stereocenters. The molecular formula is C32H36N2O3. The third-order valence-corrected chi connectivity index (χ3v) is 7.38. The Morgan fingerprint density at radius 2 is 1.59 bits per heavy atom. The predicted molar refractivity (Wildman–Crippen MR) is 150 cm³/mol. The summed E-state index contributed by atoms with van der Waals surface area (Å²) in [6.45, 7) is 9.17. The first-order valence-corrected chi connectivity index (χ1v) is 13.1. The molecule has 0 amide bonds. The van der Waals surface area contributed by atoms with E-state index in [9.17, 15) is 4.79 Å². The molecule has 1 aliphatic carbocycles. The van der Waals surface area contributed by atoms with Crippen molar-refractivity contribution in [2.45, 2.75) is 57.9 Å². The van der Waals surface area contributed by atoms with E-state index in [-0.39, 0.29) is 23.2 Å². The first kappa shape index (κ1) is 24.9. The number of hydrogen-bond donors (Lipinski definition) is 2. The van der Waals surface area contributed by atoms with Crippen LogP contribution in [-0.2, 0) is 10.2 Å². The van der Waals surface area contributed by atoms with Crippen LogP contribution < -0.4 is 20.1 Å². The second-order valence-corrected chi connectivity index (χ2v) is 10.9. The van der Waals surface area contributed by atoms with Crippen molar-refractivity contribution in [1.82, 2.24) is 0 Å². The molecule has 3 aromatic carbocycles. The summed E-state index contributed by atoms with van der Waals surface area (Å²) in [7, 11) is 1.64. The van der Waals surface area contributed by atoms with E-state index in [1.807, 2.05) is 43.3 Å². The minimum absolute atomic E-state index is 0.0980. The number of allylic oxidation sites excluding steroid dienone is 1. The van der Waals surface area contributed by atoms with Crippen LogP contribution in [-0.4, -0.2) is 19.5 Å². The normalized spacial score (nSPS) is 19.2. The van der Waals surface area contributed by atoms with E-state index in [0.717, 1.165) is 34.6 Å². The molecule has 2 N–H and O–H groups in total. The van der Waals surface area contributed by atoms with Gasteiger partial charge in [0.15, 0.2) is 17.3 Å². The Labute approximate surface area is 219 Å². The highest BCUT2D eigenvalue weighted by atomic mass is 16.5. The summed E-state index contributed by atoms with van der Waals surface area (Å²) in [5.74, 6) is 1.66. The molecule has 1 heterocycles. The minimum atomic E-state index is -0.299. The summed E-state index contributed by atoms with van der Waals surface area (Å²) in [4.78, 5) is 13.9. The Bertz CT molecular complexity index is 1330. The fraction of sp³-hybridized carbons (Fsp3) is 0.344. The maximum Gasteiger partial charge on any atom is 0.163 e. The van der Waals surface area contributed by atoms with E-state index in [2.05, 4.69) is 61.7 Å². The van der Waals surface area contributed by atoms with Gasteiger partial charge in [0.05, 0.1) is 31.1 Å². The number of benzene rings is 3. The summed E-state index contributed by atoms with van der Waals surface area (Å²) in [6, 6.07) is 22.6. The van der Waals surface area contributed by atoms with Crippen LogP contribution in [0.3, 0.4) is 0 Å². The number of hydrogen-bond acceptors (Lipinski definition) is 5. The van der Waals surface area contributed by atoms with Gasteiger partial charge in [0.25, 0.3) is 0 Å². The standard InChI is InChI=1S/C32H36N2O3/c1-6-37-28-16-13-21(19-29(28)36-5)31-30-26(33-24-9-7-8-10-25(24)34-31)17-22(18-27(30)35)20-11-14-23(15-12-20)32(2,3)4/h7-16,19,22,31,33-34H,6,17-18H2,1-5H3. The molecule has 2 aliphatic rings. The molecule has 192 valence electrons. The largest absolute Gasteiger partial charge is 0.493 e. The summed E-state index contributed by atoms with van der Waals surface area (Å²) < 4.78 is 11.4. The van der Waals surface area contributed by atoms with Gasteiger partial charge in [-0.1, -0.05) is 63.2 Å². The molecule has 37 heavy (non-hydrogen) atoms. The van der Waals surface area contributed by atoms with Gasteiger partial charge in [-0.2, -0.15) is 0 Å². The van der Waals surface area contributed by atoms with Crippen molar-refractivity contribution >= 4 is 17.2 Å². The summed E-state index contributed by atoms with van der Waals surface area (Å²) in [6.07, 6.45) is 1.26. The van der Waals surface area contributed by atoms with Crippen molar-refractivity contribution in [3.05, 3.63) is 94.7 Å². The highest BCUT2D eigenvalue weighted by molar-refractivity contribution is 6.01. The van der Waals surface area contributed by atoms with E-state index >= 15 is 0 Å². The lowest BCUT2D eigenvalue weighted by Crippen LogP contribution is -2.27. The quantitative estimate of drug-likeness (QED) is 0.386. The van der Waals surface area contributed by atoms with E-state index in [1.54, 1.807) is 7.11 Å². The molecular weight excluding hydrogens is 460 g/mol. The topological polar surface area (TPSA) is 59.6 Å². The molecule has 1 aliphatic heterocycles. The molecule has 0 bridgehead atoms. The van der Waals surface area contributed by atoms with Gasteiger partial charge in [0, 0.05) is 17.7 Å². The molecule has 2 unspecified atom stereocenters. The molecule has 3 aromatic rings. The zero-order chi connectivity index (χ0) is 26.2. The third-order valence-electron chi connectivity index (χ3n) is 7.38. The number of fused-ring (bicyclic) bond motifs is 1. The number of para-hydroxylation sites is 2. The number of Topliss-reactive ketones (excluding diaryl/α,β-unsaturated/α-hetero) is 1. The third kappa shape index (κ3) is 4.95. The van der Waals surface area contributed by atoms with Crippen LogP contribution in [0.25, 0.3) is 0 Å². The van der Waals surface area contributed by atoms with Crippen LogP contribution in [0.2, 0.25) is 0 Å². The molecule has 0 saturated carbocycles. The smallest absolute Gasteiger partial charge is 0.163 e. The average molecular weight is 497 g/mol. The highest BCUT2D eigenvalue weighted by Gasteiger charge is 2.36. The second-order valence-electron chi connectivity index (χ2n) is 10.9. The molecule has 0 aromatic heterocycles. The van der Waals surface area contributed by atoms with Gasteiger partial charge >= 0.3 is 0 Å². The molecule has 0 spiro atoms. The van der Waals surface area contributed by atoms with Gasteiger partial charge < -0.3 is 20.1 Å². The monoisotopic (exact) mass is 496 g/mol. The fourth-order valence-electron chi connectivity index (χ4n) is 5.37. The number of anilines is 2. The maximum absolute atomic E-state index is 13.9. The van der Waals surface area contributed by atoms with Crippen molar-refractivity contribution < 1.29 is 14.3 Å². The van der Waals surface area contributed by atoms with Crippen LogP contribution in [0.4, 0.5) is 11.4 Å². The second kappa shape index (κ2) is 9.97. The number of carbonyl (C=O) groups is 1. The first-order valence-electron chi connectivity index (χ1n) is 13.1. The van der Waals surface area contributed by atoms with Crippen molar-refractivity contribution in [3.63, 3.8) is 0 Å². The highest BCUT2D eigenvalue weighted by Crippen LogP contribution is 2.45. The Morgan fingerprint density at radius 3 is 2.27 bits per heavy atom. The van der Waals surface area contributed by atoms with Gasteiger partial charge in [-0.25, -0.2) is 0 Å². The Kier molecular flexibility index (Phi) is 6.72. The number of ether oxygens (including phenoxy) is 2. The van der Waals surface area contributed by atoms with Crippen LogP contribution in [0.5, 0.6) is 11.5 Å². The van der Waals surface area contributed by atoms with E-state index in [0.29, 0.717) is 24.5 Å². The zero-order valence-corrected chi connectivity index (χ0v) is 22.4. The van der Waals surface area contributed by atoms with Gasteiger partial charge in [0.1, 0.15) is 0 Å². The molecule has 0 fully saturated rings. The van der Waals surface area contributed by atoms with E-state index in [1.165, 1.54) is 11.1 Å². The lowest BCUT2D eigenvalue weighted by molar-refractivity contribution is -0.116. The molecule has 5 nitrogen and oxygen atoms in total. The van der Waals surface area contributed by atoms with Crippen LogP contribution >= 0.6 is 0 Å². The van der Waals surface area contributed by atoms with E-state index in [4.69, 9.17) is 9.47 Å². The number of methoxy groups -OCH3 is 1. The lowest BCUT2D eigenvalue weighted by atomic mass is 9.77. The average Bonchev–Trinajstić information content (AvgIpc) is 3.05. The van der Waals surface area contributed by atoms with Gasteiger partial charge in [-0.3, -0.25) is 4.79 Å². The molecule has 0 radical (unpaired) electrons. The fourth-order valence-corrected chi connectivity index (χ4v) is 5.37. The minimum Gasteiger partial charge on any atom is -0.493 e. The van der Waals surface area contributed by atoms with Crippen LogP contribution in [0.15, 0.2) is 78.0 Å². The lowest BCUT2D eigenvalue weighted by Gasteiger charge is -2.30. The van der Waals surface area contributed by atoms with Gasteiger partial charge in [0.2, 0.25) is 0 Å². The Balaban J connectivity index is 1.55. The van der Waals surface area contributed by atoms with Crippen LogP contribution in [0.1, 0.15) is 69.2 Å². The molecule has 5 heteroatoms. The number of ketones is 1. The Hall–Kier alpha value is -3.73. The van der Waals surface area contributed by atoms with E-state index < -0.39 is 0 Å². The van der Waals surface area contributed by atoms with Crippen molar-refractivity contribution in [1.29, 1.82) is 0 Å². The predicted octanol–water partition coefficient (Wildman–Crippen LogP) is 7.37. The SMILES string of the molecule is CCOc1ccc(C2Nc3ccccc3NC3=C2C(=O)CC(c2ccc(C(C)(C)C)cc2)C3)cc1OC. The molecule has 5 rings (SSSR count).